The highest BCUT2D eigenvalue weighted by Gasteiger charge is 2.12. The van der Waals surface area contributed by atoms with Crippen molar-refractivity contribution in [2.45, 2.75) is 11.3 Å². The number of hydrogen-bond donors (Lipinski definition) is 1. The van der Waals surface area contributed by atoms with E-state index in [0.29, 0.717) is 0 Å². The van der Waals surface area contributed by atoms with Gasteiger partial charge in [-0.1, -0.05) is 12.1 Å². The Labute approximate surface area is 134 Å². The van der Waals surface area contributed by atoms with Crippen LogP contribution in [0.3, 0.4) is 0 Å². The van der Waals surface area contributed by atoms with Crippen molar-refractivity contribution in [3.05, 3.63) is 65.5 Å². The largest absolute Gasteiger partial charge is 0.355 e. The number of carbonyl (C=O) groups is 1. The molecule has 1 unspecified atom stereocenters. The summed E-state index contributed by atoms with van der Waals surface area (Å²) in [6.07, 6.45) is -0.0170. The van der Waals surface area contributed by atoms with E-state index < -0.39 is 34.2 Å². The molecule has 122 valence electrons. The second-order valence-corrected chi connectivity index (χ2v) is 6.20. The standard InChI is InChI=1S/C16H14F3NO2S/c17-11-3-1-4-12(9-11)23(22)10-16(21)20-8-7-13-14(18)5-2-6-15(13)19/h1-6,9H,7-8,10H2,(H,20,21). The lowest BCUT2D eigenvalue weighted by Gasteiger charge is -2.07. The summed E-state index contributed by atoms with van der Waals surface area (Å²) in [4.78, 5) is 11.9. The minimum Gasteiger partial charge on any atom is -0.355 e. The van der Waals surface area contributed by atoms with Crippen molar-refractivity contribution in [1.82, 2.24) is 5.32 Å². The fourth-order valence-electron chi connectivity index (χ4n) is 1.96. The molecular weight excluding hydrogens is 327 g/mol. The van der Waals surface area contributed by atoms with Gasteiger partial charge in [0.05, 0.1) is 10.8 Å². The maximum absolute atomic E-state index is 13.4. The highest BCUT2D eigenvalue weighted by molar-refractivity contribution is 7.85. The Morgan fingerprint density at radius 1 is 1.04 bits per heavy atom. The average Bonchev–Trinajstić information content (AvgIpc) is 2.50. The van der Waals surface area contributed by atoms with Crippen LogP contribution >= 0.6 is 0 Å². The van der Waals surface area contributed by atoms with Crippen molar-refractivity contribution < 1.29 is 22.2 Å². The SMILES string of the molecule is O=C(CS(=O)c1cccc(F)c1)NCCc1c(F)cccc1F. The monoisotopic (exact) mass is 341 g/mol. The molecule has 1 N–H and O–H groups in total. The molecule has 0 radical (unpaired) electrons. The number of hydrogen-bond acceptors (Lipinski definition) is 2. The van der Waals surface area contributed by atoms with E-state index in [0.717, 1.165) is 18.2 Å². The number of halogens is 3. The summed E-state index contributed by atoms with van der Waals surface area (Å²) in [5, 5.41) is 2.44. The molecule has 0 heterocycles. The molecule has 0 aliphatic heterocycles. The maximum Gasteiger partial charge on any atom is 0.233 e. The zero-order valence-electron chi connectivity index (χ0n) is 12.0. The van der Waals surface area contributed by atoms with E-state index in [4.69, 9.17) is 0 Å². The van der Waals surface area contributed by atoms with Crippen LogP contribution in [-0.4, -0.2) is 22.4 Å². The van der Waals surface area contributed by atoms with Gasteiger partial charge in [0.15, 0.2) is 0 Å². The van der Waals surface area contributed by atoms with E-state index in [1.54, 1.807) is 0 Å². The molecule has 2 rings (SSSR count). The molecule has 2 aromatic carbocycles. The van der Waals surface area contributed by atoms with Crippen molar-refractivity contribution in [2.75, 3.05) is 12.3 Å². The van der Waals surface area contributed by atoms with Crippen LogP contribution in [-0.2, 0) is 22.0 Å². The van der Waals surface area contributed by atoms with Gasteiger partial charge in [0, 0.05) is 17.0 Å². The van der Waals surface area contributed by atoms with E-state index in [-0.39, 0.29) is 29.2 Å². The topological polar surface area (TPSA) is 46.2 Å². The van der Waals surface area contributed by atoms with Crippen LogP contribution < -0.4 is 5.32 Å². The van der Waals surface area contributed by atoms with Crippen LogP contribution in [0.4, 0.5) is 13.2 Å². The van der Waals surface area contributed by atoms with Gasteiger partial charge in [-0.15, -0.1) is 0 Å². The lowest BCUT2D eigenvalue weighted by atomic mass is 10.1. The van der Waals surface area contributed by atoms with Gasteiger partial charge in [0.2, 0.25) is 5.91 Å². The molecule has 23 heavy (non-hydrogen) atoms. The third-order valence-corrected chi connectivity index (χ3v) is 4.38. The maximum atomic E-state index is 13.4. The summed E-state index contributed by atoms with van der Waals surface area (Å²) in [5.41, 5.74) is -0.112. The van der Waals surface area contributed by atoms with E-state index in [9.17, 15) is 22.2 Å². The molecule has 0 saturated carbocycles. The summed E-state index contributed by atoms with van der Waals surface area (Å²) in [7, 11) is -1.68. The molecular formula is C16H14F3NO2S. The molecule has 0 fully saturated rings. The molecule has 1 atom stereocenters. The third kappa shape index (κ3) is 4.92. The molecule has 0 aliphatic carbocycles. The number of amides is 1. The van der Waals surface area contributed by atoms with Gasteiger partial charge in [0.25, 0.3) is 0 Å². The van der Waals surface area contributed by atoms with Crippen molar-refractivity contribution in [3.8, 4) is 0 Å². The Kier molecular flexibility index (Phi) is 5.92. The summed E-state index contributed by atoms with van der Waals surface area (Å²) >= 11 is 0. The number of nitrogens with one attached hydrogen (secondary N) is 1. The molecule has 1 amide bonds. The van der Waals surface area contributed by atoms with Crippen molar-refractivity contribution in [1.29, 1.82) is 0 Å². The van der Waals surface area contributed by atoms with Gasteiger partial charge in [-0.3, -0.25) is 9.00 Å². The molecule has 2 aromatic rings. The summed E-state index contributed by atoms with van der Waals surface area (Å²) in [6, 6.07) is 8.71. The number of carbonyl (C=O) groups excluding carboxylic acids is 1. The lowest BCUT2D eigenvalue weighted by molar-refractivity contribution is -0.118. The average molecular weight is 341 g/mol. The highest BCUT2D eigenvalue weighted by Crippen LogP contribution is 2.12. The fraction of sp³-hybridized carbons (Fsp3) is 0.188. The van der Waals surface area contributed by atoms with Gasteiger partial charge < -0.3 is 5.32 Å². The van der Waals surface area contributed by atoms with Gasteiger partial charge in [-0.2, -0.15) is 0 Å². The second kappa shape index (κ2) is 7.92. The van der Waals surface area contributed by atoms with Gasteiger partial charge in [-0.25, -0.2) is 13.2 Å². The van der Waals surface area contributed by atoms with Gasteiger partial charge in [0.1, 0.15) is 23.2 Å². The van der Waals surface area contributed by atoms with Crippen molar-refractivity contribution in [3.63, 3.8) is 0 Å². The number of rotatable bonds is 6. The smallest absolute Gasteiger partial charge is 0.233 e. The normalized spacial score (nSPS) is 12.0. The van der Waals surface area contributed by atoms with Crippen LogP contribution in [0.25, 0.3) is 0 Å². The van der Waals surface area contributed by atoms with Crippen LogP contribution in [0.2, 0.25) is 0 Å². The molecule has 0 aromatic heterocycles. The molecule has 0 saturated heterocycles. The Bertz CT molecular complexity index is 717. The predicted octanol–water partition coefficient (Wildman–Crippen LogP) is 2.57. The Morgan fingerprint density at radius 2 is 1.70 bits per heavy atom. The van der Waals surface area contributed by atoms with Gasteiger partial charge in [-0.05, 0) is 36.8 Å². The summed E-state index contributed by atoms with van der Waals surface area (Å²) < 4.78 is 51.8. The molecule has 0 aliphatic rings. The fourth-order valence-corrected chi connectivity index (χ4v) is 2.94. The summed E-state index contributed by atoms with van der Waals surface area (Å²) in [5.74, 6) is -2.77. The van der Waals surface area contributed by atoms with Crippen LogP contribution in [0.15, 0.2) is 47.4 Å². The van der Waals surface area contributed by atoms with Crippen LogP contribution in [0, 0.1) is 17.5 Å². The summed E-state index contributed by atoms with van der Waals surface area (Å²) in [6.45, 7) is 0.0109. The first-order chi connectivity index (χ1) is 11.0. The highest BCUT2D eigenvalue weighted by atomic mass is 32.2. The molecule has 7 heteroatoms. The van der Waals surface area contributed by atoms with Crippen molar-refractivity contribution in [2.24, 2.45) is 0 Å². The third-order valence-electron chi connectivity index (χ3n) is 3.08. The first kappa shape index (κ1) is 17.2. The molecule has 0 bridgehead atoms. The van der Waals surface area contributed by atoms with Crippen molar-refractivity contribution >= 4 is 16.7 Å². The minimum atomic E-state index is -1.68. The zero-order valence-corrected chi connectivity index (χ0v) is 12.8. The second-order valence-electron chi connectivity index (χ2n) is 4.75. The van der Waals surface area contributed by atoms with Gasteiger partial charge >= 0.3 is 0 Å². The minimum absolute atomic E-state index is 0.0109. The lowest BCUT2D eigenvalue weighted by Crippen LogP contribution is -2.30. The van der Waals surface area contributed by atoms with E-state index in [1.165, 1.54) is 24.3 Å². The first-order valence-electron chi connectivity index (χ1n) is 6.81. The van der Waals surface area contributed by atoms with Crippen LogP contribution in [0.5, 0.6) is 0 Å². The van der Waals surface area contributed by atoms with E-state index >= 15 is 0 Å². The quantitative estimate of drug-likeness (QED) is 0.878. The molecule has 0 spiro atoms. The predicted molar refractivity (Wildman–Crippen MR) is 80.7 cm³/mol. The van der Waals surface area contributed by atoms with E-state index in [2.05, 4.69) is 5.32 Å². The Morgan fingerprint density at radius 3 is 2.35 bits per heavy atom. The Hall–Kier alpha value is -2.15. The zero-order chi connectivity index (χ0) is 16.8. The molecule has 3 nitrogen and oxygen atoms in total. The Balaban J connectivity index is 1.85. The first-order valence-corrected chi connectivity index (χ1v) is 8.13. The van der Waals surface area contributed by atoms with E-state index in [1.807, 2.05) is 0 Å². The number of benzene rings is 2. The van der Waals surface area contributed by atoms with Crippen LogP contribution in [0.1, 0.15) is 5.56 Å².